The Balaban J connectivity index is 0.00000242. The van der Waals surface area contributed by atoms with E-state index in [9.17, 15) is 9.59 Å². The normalized spacial score (nSPS) is 11.5. The van der Waals surface area contributed by atoms with Gasteiger partial charge in [-0.3, -0.25) is 9.59 Å². The standard InChI is InChI=1S/C15H19N3O3.ClH/c1-3-16-10(2)9-17-14(19)11-6-7-12(18-15(11)20)13-5-4-8-21-13;/h4-8,10,16H,3,9H2,1-2H3,(H,17,19)(H,18,20);1H/t10-;/m1./s1. The summed E-state index contributed by atoms with van der Waals surface area (Å²) in [4.78, 5) is 26.6. The lowest BCUT2D eigenvalue weighted by molar-refractivity contribution is 0.0948. The molecule has 0 unspecified atom stereocenters. The number of halogens is 1. The second kappa shape index (κ2) is 8.41. The first kappa shape index (κ1) is 18.0. The number of pyridine rings is 1. The highest BCUT2D eigenvalue weighted by molar-refractivity contribution is 5.94. The van der Waals surface area contributed by atoms with Crippen LogP contribution >= 0.6 is 12.4 Å². The second-order valence-electron chi connectivity index (χ2n) is 4.76. The van der Waals surface area contributed by atoms with E-state index < -0.39 is 5.56 Å². The fraction of sp³-hybridized carbons (Fsp3) is 0.333. The molecule has 3 N–H and O–H groups in total. The molecule has 120 valence electrons. The van der Waals surface area contributed by atoms with Gasteiger partial charge in [0.15, 0.2) is 0 Å². The van der Waals surface area contributed by atoms with Gasteiger partial charge in [-0.15, -0.1) is 12.4 Å². The Morgan fingerprint density at radius 2 is 2.14 bits per heavy atom. The molecule has 2 aromatic rings. The van der Waals surface area contributed by atoms with Crippen molar-refractivity contribution in [3.63, 3.8) is 0 Å². The van der Waals surface area contributed by atoms with Gasteiger partial charge >= 0.3 is 0 Å². The van der Waals surface area contributed by atoms with Crippen LogP contribution in [0.1, 0.15) is 24.2 Å². The first-order valence-corrected chi connectivity index (χ1v) is 6.90. The van der Waals surface area contributed by atoms with Gasteiger partial charge in [0.2, 0.25) is 0 Å². The number of rotatable bonds is 6. The van der Waals surface area contributed by atoms with Gasteiger partial charge in [0, 0.05) is 12.6 Å². The average molecular weight is 326 g/mol. The molecular weight excluding hydrogens is 306 g/mol. The van der Waals surface area contributed by atoms with Crippen molar-refractivity contribution in [2.24, 2.45) is 0 Å². The smallest absolute Gasteiger partial charge is 0.261 e. The Morgan fingerprint density at radius 3 is 2.73 bits per heavy atom. The SMILES string of the molecule is CCN[C@H](C)CNC(=O)c1ccc(-c2ccco2)[nH]c1=O.Cl. The summed E-state index contributed by atoms with van der Waals surface area (Å²) in [5, 5.41) is 5.92. The van der Waals surface area contributed by atoms with E-state index in [2.05, 4.69) is 15.6 Å². The first-order chi connectivity index (χ1) is 10.1. The fourth-order valence-corrected chi connectivity index (χ4v) is 1.99. The average Bonchev–Trinajstić information content (AvgIpc) is 2.99. The van der Waals surface area contributed by atoms with Crippen LogP contribution < -0.4 is 16.2 Å². The van der Waals surface area contributed by atoms with E-state index in [1.165, 1.54) is 12.3 Å². The monoisotopic (exact) mass is 325 g/mol. The van der Waals surface area contributed by atoms with E-state index >= 15 is 0 Å². The molecule has 2 rings (SSSR count). The van der Waals surface area contributed by atoms with Crippen molar-refractivity contribution in [1.29, 1.82) is 0 Å². The molecule has 6 nitrogen and oxygen atoms in total. The van der Waals surface area contributed by atoms with Crippen molar-refractivity contribution in [1.82, 2.24) is 15.6 Å². The summed E-state index contributed by atoms with van der Waals surface area (Å²) in [6, 6.07) is 6.78. The van der Waals surface area contributed by atoms with Gasteiger partial charge < -0.3 is 20.0 Å². The number of nitrogens with one attached hydrogen (secondary N) is 3. The summed E-state index contributed by atoms with van der Waals surface area (Å²) in [6.07, 6.45) is 1.52. The number of H-pyrrole nitrogens is 1. The number of carbonyl (C=O) groups excluding carboxylic acids is 1. The minimum absolute atomic E-state index is 0. The molecule has 1 amide bonds. The Bertz CT molecular complexity index is 652. The van der Waals surface area contributed by atoms with Crippen molar-refractivity contribution < 1.29 is 9.21 Å². The van der Waals surface area contributed by atoms with Gasteiger partial charge in [-0.1, -0.05) is 6.92 Å². The summed E-state index contributed by atoms with van der Waals surface area (Å²) < 4.78 is 5.20. The van der Waals surface area contributed by atoms with Gasteiger partial charge in [-0.2, -0.15) is 0 Å². The maximum absolute atomic E-state index is 12.0. The summed E-state index contributed by atoms with van der Waals surface area (Å²) in [6.45, 7) is 5.26. The van der Waals surface area contributed by atoms with E-state index in [-0.39, 0.29) is 29.9 Å². The zero-order valence-corrected chi connectivity index (χ0v) is 13.3. The Morgan fingerprint density at radius 1 is 1.36 bits per heavy atom. The molecule has 0 bridgehead atoms. The van der Waals surface area contributed by atoms with Gasteiger partial charge in [-0.25, -0.2) is 0 Å². The van der Waals surface area contributed by atoms with E-state index in [0.717, 1.165) is 6.54 Å². The van der Waals surface area contributed by atoms with Crippen molar-refractivity contribution in [2.75, 3.05) is 13.1 Å². The first-order valence-electron chi connectivity index (χ1n) is 6.90. The maximum atomic E-state index is 12.0. The molecular formula is C15H20ClN3O3. The Labute approximate surface area is 134 Å². The number of carbonyl (C=O) groups is 1. The molecule has 0 aliphatic heterocycles. The van der Waals surface area contributed by atoms with Crippen LogP contribution in [0.4, 0.5) is 0 Å². The minimum Gasteiger partial charge on any atom is -0.463 e. The van der Waals surface area contributed by atoms with Crippen LogP contribution in [0.3, 0.4) is 0 Å². The zero-order valence-electron chi connectivity index (χ0n) is 12.5. The van der Waals surface area contributed by atoms with E-state index in [1.807, 2.05) is 13.8 Å². The Kier molecular flexibility index (Phi) is 6.88. The fourth-order valence-electron chi connectivity index (χ4n) is 1.99. The van der Waals surface area contributed by atoms with Gasteiger partial charge in [0.1, 0.15) is 11.3 Å². The number of furan rings is 1. The lowest BCUT2D eigenvalue weighted by atomic mass is 10.2. The number of likely N-dealkylation sites (N-methyl/N-ethyl adjacent to an activating group) is 1. The van der Waals surface area contributed by atoms with Gasteiger partial charge in [0.05, 0.1) is 12.0 Å². The highest BCUT2D eigenvalue weighted by Crippen LogP contribution is 2.15. The maximum Gasteiger partial charge on any atom is 0.261 e. The third-order valence-electron chi connectivity index (χ3n) is 3.06. The highest BCUT2D eigenvalue weighted by Gasteiger charge is 2.12. The van der Waals surface area contributed by atoms with E-state index in [0.29, 0.717) is 18.0 Å². The third kappa shape index (κ3) is 4.47. The summed E-state index contributed by atoms with van der Waals surface area (Å²) in [5.74, 6) is 0.173. The van der Waals surface area contributed by atoms with Crippen LogP contribution in [0.25, 0.3) is 11.5 Å². The van der Waals surface area contributed by atoms with Crippen molar-refractivity contribution in [2.45, 2.75) is 19.9 Å². The number of aromatic nitrogens is 1. The van der Waals surface area contributed by atoms with Crippen LogP contribution in [0, 0.1) is 0 Å². The van der Waals surface area contributed by atoms with Crippen LogP contribution in [0.2, 0.25) is 0 Å². The molecule has 1 atom stereocenters. The number of hydrogen-bond acceptors (Lipinski definition) is 4. The molecule has 0 saturated carbocycles. The molecule has 2 heterocycles. The third-order valence-corrected chi connectivity index (χ3v) is 3.06. The molecule has 0 aliphatic carbocycles. The second-order valence-corrected chi connectivity index (χ2v) is 4.76. The molecule has 0 fully saturated rings. The topological polar surface area (TPSA) is 87.1 Å². The summed E-state index contributed by atoms with van der Waals surface area (Å²) >= 11 is 0. The van der Waals surface area contributed by atoms with E-state index in [1.54, 1.807) is 18.2 Å². The Hall–Kier alpha value is -2.05. The molecule has 0 aliphatic rings. The van der Waals surface area contributed by atoms with Crippen LogP contribution in [0.15, 0.2) is 39.7 Å². The van der Waals surface area contributed by atoms with Gasteiger partial charge in [-0.05, 0) is 37.7 Å². The van der Waals surface area contributed by atoms with Crippen LogP contribution in [-0.2, 0) is 0 Å². The number of amides is 1. The predicted octanol–water partition coefficient (Wildman–Crippen LogP) is 1.78. The number of hydrogen-bond donors (Lipinski definition) is 3. The molecule has 7 heteroatoms. The molecule has 0 saturated heterocycles. The van der Waals surface area contributed by atoms with Crippen LogP contribution in [0.5, 0.6) is 0 Å². The van der Waals surface area contributed by atoms with Crippen molar-refractivity contribution in [3.05, 3.63) is 46.4 Å². The van der Waals surface area contributed by atoms with Crippen molar-refractivity contribution >= 4 is 18.3 Å². The largest absolute Gasteiger partial charge is 0.463 e. The van der Waals surface area contributed by atoms with E-state index in [4.69, 9.17) is 4.42 Å². The number of aromatic amines is 1. The van der Waals surface area contributed by atoms with Crippen molar-refractivity contribution in [3.8, 4) is 11.5 Å². The molecule has 0 radical (unpaired) electrons. The predicted molar refractivity (Wildman–Crippen MR) is 87.5 cm³/mol. The van der Waals surface area contributed by atoms with Crippen LogP contribution in [-0.4, -0.2) is 30.0 Å². The lowest BCUT2D eigenvalue weighted by Gasteiger charge is -2.13. The molecule has 22 heavy (non-hydrogen) atoms. The quantitative estimate of drug-likeness (QED) is 0.755. The summed E-state index contributed by atoms with van der Waals surface area (Å²) in [7, 11) is 0. The summed E-state index contributed by atoms with van der Waals surface area (Å²) in [5.41, 5.74) is 0.203. The molecule has 0 aromatic carbocycles. The van der Waals surface area contributed by atoms with Gasteiger partial charge in [0.25, 0.3) is 11.5 Å². The zero-order chi connectivity index (χ0) is 15.2. The highest BCUT2D eigenvalue weighted by atomic mass is 35.5. The molecule has 2 aromatic heterocycles. The minimum atomic E-state index is -0.433. The molecule has 0 spiro atoms. The lowest BCUT2D eigenvalue weighted by Crippen LogP contribution is -2.40.